The molecule has 0 N–H and O–H groups in total. The zero-order chi connectivity index (χ0) is 19.9. The Labute approximate surface area is 178 Å². The van der Waals surface area contributed by atoms with Crippen molar-refractivity contribution in [1.29, 1.82) is 0 Å². The predicted octanol–water partition coefficient (Wildman–Crippen LogP) is 2.85. The number of hydrogen-bond acceptors (Lipinski definition) is 2. The van der Waals surface area contributed by atoms with Gasteiger partial charge in [-0.25, -0.2) is 0 Å². The van der Waals surface area contributed by atoms with E-state index in [2.05, 4.69) is 114 Å². The van der Waals surface area contributed by atoms with Crippen molar-refractivity contribution < 1.29 is 0 Å². The second-order valence-electron chi connectivity index (χ2n) is 8.63. The van der Waals surface area contributed by atoms with E-state index in [-0.39, 0.29) is 0 Å². The quantitative estimate of drug-likeness (QED) is 0.476. The maximum Gasteiger partial charge on any atom is 0.184 e. The third-order valence-corrected chi connectivity index (χ3v) is 12.2. The topological polar surface area (TPSA) is 6.48 Å². The number of nitrogens with zero attached hydrogens (tertiary/aromatic N) is 2. The first-order valence-electron chi connectivity index (χ1n) is 10.7. The van der Waals surface area contributed by atoms with Gasteiger partial charge < -0.3 is 9.80 Å². The van der Waals surface area contributed by atoms with Crippen molar-refractivity contribution in [2.24, 2.45) is 0 Å². The predicted molar refractivity (Wildman–Crippen MR) is 128 cm³/mol. The SMILES string of the molecule is CN1c2cccc3c2N2c4c(cccc4[Si]3(c3ccccc3)c3ccccc3)CC12. The molecule has 0 saturated heterocycles. The normalized spacial score (nSPS) is 19.2. The van der Waals surface area contributed by atoms with Crippen molar-refractivity contribution in [3.8, 4) is 0 Å². The lowest BCUT2D eigenvalue weighted by atomic mass is 10.1. The van der Waals surface area contributed by atoms with Crippen LogP contribution in [0.4, 0.5) is 17.1 Å². The molecule has 144 valence electrons. The Hall–Kier alpha value is -3.30. The lowest BCUT2D eigenvalue weighted by Gasteiger charge is -2.43. The van der Waals surface area contributed by atoms with E-state index in [4.69, 9.17) is 0 Å². The molecule has 3 aliphatic heterocycles. The van der Waals surface area contributed by atoms with Crippen LogP contribution >= 0.6 is 0 Å². The summed E-state index contributed by atoms with van der Waals surface area (Å²) < 4.78 is 0. The van der Waals surface area contributed by atoms with Crippen LogP contribution in [0.2, 0.25) is 0 Å². The van der Waals surface area contributed by atoms with Gasteiger partial charge in [0.15, 0.2) is 8.07 Å². The highest BCUT2D eigenvalue weighted by atomic mass is 28.3. The van der Waals surface area contributed by atoms with Gasteiger partial charge in [0.05, 0.1) is 11.4 Å². The second-order valence-corrected chi connectivity index (χ2v) is 12.4. The van der Waals surface area contributed by atoms with E-state index in [0.29, 0.717) is 6.17 Å². The van der Waals surface area contributed by atoms with Crippen LogP contribution in [-0.4, -0.2) is 21.3 Å². The summed E-state index contributed by atoms with van der Waals surface area (Å²) in [5.74, 6) is 0. The summed E-state index contributed by atoms with van der Waals surface area (Å²) in [6.45, 7) is 0. The van der Waals surface area contributed by atoms with Crippen molar-refractivity contribution in [2.45, 2.75) is 12.6 Å². The van der Waals surface area contributed by atoms with Crippen LogP contribution in [0.15, 0.2) is 97.1 Å². The van der Waals surface area contributed by atoms with E-state index in [0.717, 1.165) is 6.42 Å². The highest BCUT2D eigenvalue weighted by Gasteiger charge is 2.55. The molecule has 7 rings (SSSR count). The minimum absolute atomic E-state index is 0.399. The molecule has 3 heteroatoms. The van der Waals surface area contributed by atoms with Crippen LogP contribution in [0.3, 0.4) is 0 Å². The molecule has 30 heavy (non-hydrogen) atoms. The van der Waals surface area contributed by atoms with E-state index >= 15 is 0 Å². The van der Waals surface area contributed by atoms with Crippen molar-refractivity contribution >= 4 is 45.9 Å². The molecular formula is C27H22N2Si. The molecule has 3 heterocycles. The van der Waals surface area contributed by atoms with Gasteiger partial charge in [0.1, 0.15) is 6.17 Å². The van der Waals surface area contributed by atoms with Crippen molar-refractivity contribution in [1.82, 2.24) is 0 Å². The van der Waals surface area contributed by atoms with Gasteiger partial charge in [-0.05, 0) is 32.4 Å². The van der Waals surface area contributed by atoms with Crippen LogP contribution < -0.4 is 30.5 Å². The minimum Gasteiger partial charge on any atom is -0.352 e. The Morgan fingerprint density at radius 2 is 1.27 bits per heavy atom. The molecule has 1 unspecified atom stereocenters. The van der Waals surface area contributed by atoms with Gasteiger partial charge in [-0.1, -0.05) is 91.0 Å². The highest BCUT2D eigenvalue weighted by molar-refractivity contribution is 7.21. The first-order valence-corrected chi connectivity index (χ1v) is 12.7. The highest BCUT2D eigenvalue weighted by Crippen LogP contribution is 2.51. The van der Waals surface area contributed by atoms with Crippen LogP contribution in [-0.2, 0) is 6.42 Å². The Bertz CT molecular complexity index is 1260. The van der Waals surface area contributed by atoms with Crippen LogP contribution in [0.5, 0.6) is 0 Å². The summed E-state index contributed by atoms with van der Waals surface area (Å²) in [4.78, 5) is 5.13. The molecule has 3 aliphatic rings. The third kappa shape index (κ3) is 1.76. The molecule has 0 aromatic heterocycles. The van der Waals surface area contributed by atoms with Gasteiger partial charge in [0, 0.05) is 19.2 Å². The maximum atomic E-state index is 2.65. The van der Waals surface area contributed by atoms with Gasteiger partial charge in [0.25, 0.3) is 0 Å². The summed E-state index contributed by atoms with van der Waals surface area (Å²) in [6.07, 6.45) is 1.48. The molecule has 0 radical (unpaired) electrons. The minimum atomic E-state index is -2.41. The Kier molecular flexibility index (Phi) is 3.10. The van der Waals surface area contributed by atoms with Crippen LogP contribution in [0.1, 0.15) is 5.56 Å². The number of para-hydroxylation sites is 2. The fourth-order valence-electron chi connectivity index (χ4n) is 6.19. The molecule has 0 spiro atoms. The summed E-state index contributed by atoms with van der Waals surface area (Å²) in [5, 5.41) is 6.00. The molecule has 0 fully saturated rings. The van der Waals surface area contributed by atoms with Crippen molar-refractivity contribution in [3.63, 3.8) is 0 Å². The first kappa shape index (κ1) is 16.5. The van der Waals surface area contributed by atoms with E-state index < -0.39 is 8.07 Å². The van der Waals surface area contributed by atoms with Gasteiger partial charge >= 0.3 is 0 Å². The smallest absolute Gasteiger partial charge is 0.184 e. The van der Waals surface area contributed by atoms with Crippen LogP contribution in [0.25, 0.3) is 0 Å². The number of hydrogen-bond donors (Lipinski definition) is 0. The standard InChI is InChI=1S/C27H22N2Si/c1-28-22-15-9-17-24-27(22)29-25(28)18-19-10-8-16-23(26(19)29)30(24,20-11-4-2-5-12-20)21-13-6-3-7-14-21/h2-17,25H,18H2,1H3. The van der Waals surface area contributed by atoms with Gasteiger partial charge in [-0.15, -0.1) is 0 Å². The van der Waals surface area contributed by atoms with Gasteiger partial charge in [0.2, 0.25) is 0 Å². The fraction of sp³-hybridized carbons (Fsp3) is 0.111. The third-order valence-electron chi connectivity index (χ3n) is 7.37. The van der Waals surface area contributed by atoms with E-state index in [1.54, 1.807) is 5.19 Å². The second kappa shape index (κ2) is 5.64. The molecule has 2 nitrogen and oxygen atoms in total. The molecule has 1 atom stereocenters. The molecule has 4 aromatic carbocycles. The van der Waals surface area contributed by atoms with Crippen molar-refractivity contribution in [2.75, 3.05) is 16.8 Å². The molecule has 0 amide bonds. The fourth-order valence-corrected chi connectivity index (χ4v) is 11.4. The van der Waals surface area contributed by atoms with E-state index in [9.17, 15) is 0 Å². The zero-order valence-corrected chi connectivity index (χ0v) is 17.9. The average molecular weight is 403 g/mol. The molecule has 0 saturated carbocycles. The maximum absolute atomic E-state index is 2.65. The number of anilines is 3. The summed E-state index contributed by atoms with van der Waals surface area (Å²) in [5.41, 5.74) is 5.79. The molecule has 4 aromatic rings. The van der Waals surface area contributed by atoms with Crippen molar-refractivity contribution in [3.05, 3.63) is 103 Å². The number of benzene rings is 4. The first-order chi connectivity index (χ1) is 14.8. The Morgan fingerprint density at radius 3 is 1.93 bits per heavy atom. The monoisotopic (exact) mass is 402 g/mol. The summed E-state index contributed by atoms with van der Waals surface area (Å²) >= 11 is 0. The zero-order valence-electron chi connectivity index (χ0n) is 16.9. The number of rotatable bonds is 2. The average Bonchev–Trinajstić information content (AvgIpc) is 3.32. The van der Waals surface area contributed by atoms with E-state index in [1.165, 1.54) is 38.2 Å². The lowest BCUT2D eigenvalue weighted by molar-refractivity contribution is 0.704. The van der Waals surface area contributed by atoms with E-state index in [1.807, 2.05) is 0 Å². The molecule has 0 bridgehead atoms. The lowest BCUT2D eigenvalue weighted by Crippen LogP contribution is -2.77. The Morgan fingerprint density at radius 1 is 0.667 bits per heavy atom. The van der Waals surface area contributed by atoms with Crippen LogP contribution in [0, 0.1) is 0 Å². The number of likely N-dealkylation sites (N-methyl/N-ethyl adjacent to an activating group) is 1. The largest absolute Gasteiger partial charge is 0.352 e. The molecular weight excluding hydrogens is 380 g/mol. The Balaban J connectivity index is 1.72. The summed E-state index contributed by atoms with van der Waals surface area (Å²) in [6, 6.07) is 36.6. The molecule has 0 aliphatic carbocycles. The van der Waals surface area contributed by atoms with Gasteiger partial charge in [-0.3, -0.25) is 0 Å². The van der Waals surface area contributed by atoms with Gasteiger partial charge in [-0.2, -0.15) is 0 Å². The summed E-state index contributed by atoms with van der Waals surface area (Å²) in [7, 11) is -0.150.